The van der Waals surface area contributed by atoms with Gasteiger partial charge in [0, 0.05) is 13.5 Å². The summed E-state index contributed by atoms with van der Waals surface area (Å²) < 4.78 is 82.9. The molecule has 2 saturated carbocycles. The highest BCUT2D eigenvalue weighted by atomic mass is 19.4. The highest BCUT2D eigenvalue weighted by molar-refractivity contribution is 5.50. The molecule has 2 nitrogen and oxygen atoms in total. The highest BCUT2D eigenvalue weighted by Gasteiger charge is 2.70. The molecule has 2 aromatic carbocycles. The molecule has 2 aliphatic carbocycles. The van der Waals surface area contributed by atoms with Crippen molar-refractivity contribution in [1.29, 1.82) is 5.26 Å². The molecule has 190 valence electrons. The van der Waals surface area contributed by atoms with Gasteiger partial charge in [0.1, 0.15) is 0 Å². The van der Waals surface area contributed by atoms with Crippen LogP contribution in [-0.4, -0.2) is 30.8 Å². The number of aryl methyl sites for hydroxylation is 1. The fraction of sp³-hybridized carbons (Fsp3) is 0.519. The maximum atomic E-state index is 13.9. The molecule has 0 bridgehead atoms. The molecule has 0 N–H and O–H groups in total. The van der Waals surface area contributed by atoms with Crippen molar-refractivity contribution >= 4 is 0 Å². The SMILES string of the molecule is CC#N.CN(CCCc1ccc(C2(C(F)(F)F)CC2)c(C2(C(F)(F)F)CC2)c1)Cc1ccccc1. The summed E-state index contributed by atoms with van der Waals surface area (Å²) >= 11 is 0. The predicted octanol–water partition coefficient (Wildman–Crippen LogP) is 7.47. The first-order chi connectivity index (χ1) is 16.4. The largest absolute Gasteiger partial charge is 0.398 e. The van der Waals surface area contributed by atoms with Crippen molar-refractivity contribution < 1.29 is 26.3 Å². The van der Waals surface area contributed by atoms with Gasteiger partial charge >= 0.3 is 12.4 Å². The van der Waals surface area contributed by atoms with Gasteiger partial charge in [0.2, 0.25) is 0 Å². The Balaban J connectivity index is 0.00000108. The van der Waals surface area contributed by atoms with Crippen molar-refractivity contribution in [2.45, 2.75) is 75.2 Å². The summed E-state index contributed by atoms with van der Waals surface area (Å²) in [7, 11) is 1.98. The number of benzene rings is 2. The second kappa shape index (κ2) is 10.2. The van der Waals surface area contributed by atoms with Gasteiger partial charge in [-0.1, -0.05) is 48.5 Å². The van der Waals surface area contributed by atoms with Gasteiger partial charge in [-0.15, -0.1) is 0 Å². The van der Waals surface area contributed by atoms with Gasteiger partial charge in [0.25, 0.3) is 0 Å². The molecule has 2 fully saturated rings. The Morgan fingerprint density at radius 3 is 1.83 bits per heavy atom. The van der Waals surface area contributed by atoms with E-state index in [2.05, 4.69) is 4.90 Å². The third-order valence-corrected chi connectivity index (χ3v) is 7.00. The van der Waals surface area contributed by atoms with Gasteiger partial charge in [-0.05, 0) is 74.4 Å². The van der Waals surface area contributed by atoms with Crippen molar-refractivity contribution in [3.8, 4) is 6.07 Å². The summed E-state index contributed by atoms with van der Waals surface area (Å²) in [4.78, 5) is 2.13. The first-order valence-electron chi connectivity index (χ1n) is 11.7. The van der Waals surface area contributed by atoms with Crippen molar-refractivity contribution in [3.05, 3.63) is 70.8 Å². The zero-order chi connectivity index (χ0) is 25.9. The monoisotopic (exact) mass is 496 g/mol. The molecular weight excluding hydrogens is 466 g/mol. The molecule has 2 aromatic rings. The lowest BCUT2D eigenvalue weighted by Gasteiger charge is -2.29. The van der Waals surface area contributed by atoms with Crippen LogP contribution in [0.2, 0.25) is 0 Å². The minimum absolute atomic E-state index is 0.138. The third kappa shape index (κ3) is 5.83. The molecule has 0 amide bonds. The lowest BCUT2D eigenvalue weighted by molar-refractivity contribution is -0.167. The number of nitriles is 1. The van der Waals surface area contributed by atoms with Crippen LogP contribution in [0.3, 0.4) is 0 Å². The first kappa shape index (κ1) is 27.1. The molecule has 8 heteroatoms. The summed E-state index contributed by atoms with van der Waals surface area (Å²) in [5.41, 5.74) is -2.70. The van der Waals surface area contributed by atoms with Crippen LogP contribution in [0.25, 0.3) is 0 Å². The molecule has 35 heavy (non-hydrogen) atoms. The van der Waals surface area contributed by atoms with Crippen LogP contribution in [0, 0.1) is 11.3 Å². The third-order valence-electron chi connectivity index (χ3n) is 7.00. The normalized spacial score (nSPS) is 17.8. The lowest BCUT2D eigenvalue weighted by Crippen LogP contribution is -2.35. The van der Waals surface area contributed by atoms with Crippen LogP contribution in [0.1, 0.15) is 61.3 Å². The molecule has 0 aliphatic heterocycles. The highest BCUT2D eigenvalue weighted by Crippen LogP contribution is 2.66. The van der Waals surface area contributed by atoms with Crippen LogP contribution < -0.4 is 0 Å². The van der Waals surface area contributed by atoms with Gasteiger partial charge < -0.3 is 4.90 Å². The molecule has 0 heterocycles. The van der Waals surface area contributed by atoms with E-state index >= 15 is 0 Å². The van der Waals surface area contributed by atoms with E-state index in [1.165, 1.54) is 24.6 Å². The molecule has 0 spiro atoms. The molecule has 0 saturated heterocycles. The topological polar surface area (TPSA) is 27.0 Å². The molecule has 0 radical (unpaired) electrons. The minimum atomic E-state index is -4.54. The Labute approximate surface area is 202 Å². The van der Waals surface area contributed by atoms with E-state index in [4.69, 9.17) is 5.26 Å². The van der Waals surface area contributed by atoms with E-state index < -0.39 is 23.2 Å². The van der Waals surface area contributed by atoms with E-state index in [1.807, 2.05) is 37.4 Å². The van der Waals surface area contributed by atoms with E-state index in [0.717, 1.165) is 13.1 Å². The van der Waals surface area contributed by atoms with Crippen LogP contribution in [0.15, 0.2) is 48.5 Å². The first-order valence-corrected chi connectivity index (χ1v) is 11.7. The fourth-order valence-electron chi connectivity index (χ4n) is 4.75. The Morgan fingerprint density at radius 1 is 0.829 bits per heavy atom. The van der Waals surface area contributed by atoms with Crippen LogP contribution in [-0.2, 0) is 23.8 Å². The Morgan fingerprint density at radius 2 is 1.34 bits per heavy atom. The average Bonchev–Trinajstić information content (AvgIpc) is 3.67. The number of nitrogens with zero attached hydrogens (tertiary/aromatic N) is 2. The van der Waals surface area contributed by atoms with E-state index in [0.29, 0.717) is 18.4 Å². The summed E-state index contributed by atoms with van der Waals surface area (Å²) in [6, 6.07) is 16.0. The molecule has 0 atom stereocenters. The standard InChI is InChI=1S/C25H27F6N.C2H3N/c1-32(17-19-6-3-2-4-7-19)15-5-8-18-9-10-20(22(11-12-22)24(26,27)28)21(16-18)23(13-14-23)25(29,30)31;1-2-3/h2-4,6-7,9-10,16H,5,8,11-15,17H2,1H3;1H3. The van der Waals surface area contributed by atoms with Gasteiger partial charge in [-0.25, -0.2) is 0 Å². The van der Waals surface area contributed by atoms with Gasteiger partial charge in [-0.3, -0.25) is 0 Å². The van der Waals surface area contributed by atoms with Gasteiger partial charge in [0.05, 0.1) is 16.9 Å². The van der Waals surface area contributed by atoms with Crippen molar-refractivity contribution in [2.75, 3.05) is 13.6 Å². The number of hydrogen-bond donors (Lipinski definition) is 0. The van der Waals surface area contributed by atoms with Crippen molar-refractivity contribution in [2.24, 2.45) is 0 Å². The Hall–Kier alpha value is -2.53. The number of halogens is 6. The Bertz CT molecular complexity index is 1030. The van der Waals surface area contributed by atoms with Gasteiger partial charge in [-0.2, -0.15) is 31.6 Å². The molecule has 4 rings (SSSR count). The quantitative estimate of drug-likeness (QED) is 0.355. The van der Waals surface area contributed by atoms with E-state index in [-0.39, 0.29) is 36.8 Å². The summed E-state index contributed by atoms with van der Waals surface area (Å²) in [6.45, 7) is 2.93. The minimum Gasteiger partial charge on any atom is -0.302 e. The van der Waals surface area contributed by atoms with E-state index in [9.17, 15) is 26.3 Å². The second-order valence-electron chi connectivity index (χ2n) is 9.59. The number of rotatable bonds is 8. The predicted molar refractivity (Wildman–Crippen MR) is 123 cm³/mol. The zero-order valence-electron chi connectivity index (χ0n) is 19.9. The molecule has 2 aliphatic rings. The van der Waals surface area contributed by atoms with Crippen LogP contribution in [0.5, 0.6) is 0 Å². The van der Waals surface area contributed by atoms with Crippen LogP contribution in [0.4, 0.5) is 26.3 Å². The second-order valence-corrected chi connectivity index (χ2v) is 9.59. The van der Waals surface area contributed by atoms with E-state index in [1.54, 1.807) is 12.1 Å². The van der Waals surface area contributed by atoms with Crippen molar-refractivity contribution in [3.63, 3.8) is 0 Å². The fourth-order valence-corrected chi connectivity index (χ4v) is 4.75. The van der Waals surface area contributed by atoms with Gasteiger partial charge in [0.15, 0.2) is 0 Å². The number of hydrogen-bond acceptors (Lipinski definition) is 2. The smallest absolute Gasteiger partial charge is 0.302 e. The molecule has 0 aromatic heterocycles. The summed E-state index contributed by atoms with van der Waals surface area (Å²) in [5.74, 6) is 0. The van der Waals surface area contributed by atoms with Crippen molar-refractivity contribution in [1.82, 2.24) is 4.90 Å². The Kier molecular flexibility index (Phi) is 7.90. The number of alkyl halides is 6. The molecular formula is C27H30F6N2. The summed E-state index contributed by atoms with van der Waals surface area (Å²) in [5, 5.41) is 7.32. The maximum absolute atomic E-state index is 13.9. The maximum Gasteiger partial charge on any atom is 0.398 e. The molecule has 0 unspecified atom stereocenters. The lowest BCUT2D eigenvalue weighted by atomic mass is 9.81. The summed E-state index contributed by atoms with van der Waals surface area (Å²) in [6.07, 6.45) is -8.39. The van der Waals surface area contributed by atoms with Crippen LogP contribution >= 0.6 is 0 Å². The average molecular weight is 497 g/mol. The zero-order valence-corrected chi connectivity index (χ0v) is 19.9.